The van der Waals surface area contributed by atoms with Crippen LogP contribution in [-0.2, 0) is 36.4 Å². The lowest BCUT2D eigenvalue weighted by Gasteiger charge is -2.15. The summed E-state index contributed by atoms with van der Waals surface area (Å²) in [6.45, 7) is 0. The van der Waals surface area contributed by atoms with Crippen LogP contribution in [0, 0.1) is 10.1 Å². The molecule has 4 N–H and O–H groups in total. The van der Waals surface area contributed by atoms with Gasteiger partial charge >= 0.3 is 33.6 Å². The molecule has 2 unspecified atom stereocenters. The molecular formula is C6H8NO14P3S. The molecule has 1 rings (SSSR count). The van der Waals surface area contributed by atoms with E-state index in [4.69, 9.17) is 19.6 Å². The van der Waals surface area contributed by atoms with Crippen molar-refractivity contribution in [3.8, 4) is 0 Å². The summed E-state index contributed by atoms with van der Waals surface area (Å²) >= 11 is 0. The average Bonchev–Trinajstić information content (AvgIpc) is 2.32. The second-order valence-electron chi connectivity index (χ2n) is 3.87. The van der Waals surface area contributed by atoms with Gasteiger partial charge in [0.1, 0.15) is 0 Å². The molecule has 0 aliphatic rings. The fraction of sp³-hybridized carbons (Fsp3) is 0. The van der Waals surface area contributed by atoms with E-state index in [1.807, 2.05) is 0 Å². The van der Waals surface area contributed by atoms with Gasteiger partial charge in [-0.25, -0.2) is 13.7 Å². The number of nitro groups is 1. The van der Waals surface area contributed by atoms with Gasteiger partial charge in [-0.15, -0.1) is 0 Å². The predicted molar refractivity (Wildman–Crippen MR) is 75.2 cm³/mol. The first-order valence-corrected chi connectivity index (χ1v) is 11.3. The van der Waals surface area contributed by atoms with Crippen LogP contribution in [0.1, 0.15) is 0 Å². The molecule has 0 aliphatic heterocycles. The highest BCUT2D eigenvalue weighted by Gasteiger charge is 2.43. The van der Waals surface area contributed by atoms with Gasteiger partial charge in [0.05, 0.1) is 9.82 Å². The van der Waals surface area contributed by atoms with Crippen LogP contribution in [0.4, 0.5) is 5.69 Å². The van der Waals surface area contributed by atoms with Crippen molar-refractivity contribution in [3.63, 3.8) is 0 Å². The van der Waals surface area contributed by atoms with E-state index in [-0.39, 0.29) is 0 Å². The van der Waals surface area contributed by atoms with E-state index in [2.05, 4.69) is 12.6 Å². The van der Waals surface area contributed by atoms with Crippen LogP contribution < -0.4 is 0 Å². The van der Waals surface area contributed by atoms with Crippen LogP contribution >= 0.6 is 23.5 Å². The lowest BCUT2D eigenvalue weighted by molar-refractivity contribution is -0.384. The molecule has 19 heteroatoms. The van der Waals surface area contributed by atoms with Crippen LogP contribution in [0.15, 0.2) is 29.2 Å². The largest absolute Gasteiger partial charge is 0.496 e. The Bertz CT molecular complexity index is 901. The summed E-state index contributed by atoms with van der Waals surface area (Å²) in [5.41, 5.74) is -0.516. The Hall–Kier alpha value is -1.02. The quantitative estimate of drug-likeness (QED) is 0.245. The third kappa shape index (κ3) is 7.40. The number of rotatable bonds is 8. The molecule has 0 amide bonds. The van der Waals surface area contributed by atoms with Crippen molar-refractivity contribution in [1.82, 2.24) is 0 Å². The van der Waals surface area contributed by atoms with E-state index in [0.29, 0.717) is 24.3 Å². The van der Waals surface area contributed by atoms with Gasteiger partial charge in [0.25, 0.3) is 5.69 Å². The number of hydrogen-bond donors (Lipinski definition) is 4. The molecule has 0 fully saturated rings. The highest BCUT2D eigenvalue weighted by Crippen LogP contribution is 2.66. The van der Waals surface area contributed by atoms with Gasteiger partial charge < -0.3 is 19.6 Å². The van der Waals surface area contributed by atoms with Crippen molar-refractivity contribution < 1.29 is 59.2 Å². The van der Waals surface area contributed by atoms with Crippen LogP contribution in [0.2, 0.25) is 0 Å². The fourth-order valence-corrected chi connectivity index (χ4v) is 5.86. The second kappa shape index (κ2) is 7.31. The van der Waals surface area contributed by atoms with Crippen LogP contribution in [-0.4, -0.2) is 32.9 Å². The average molecular weight is 443 g/mol. The highest BCUT2D eigenvalue weighted by molar-refractivity contribution is 7.91. The molecule has 15 nitrogen and oxygen atoms in total. The number of benzene rings is 1. The summed E-state index contributed by atoms with van der Waals surface area (Å²) in [6.07, 6.45) is 0. The van der Waals surface area contributed by atoms with Gasteiger partial charge in [0.2, 0.25) is 0 Å². The molecule has 0 radical (unpaired) electrons. The van der Waals surface area contributed by atoms with Gasteiger partial charge in [0.15, 0.2) is 0 Å². The minimum Gasteiger partial charge on any atom is -0.302 e. The molecule has 142 valence electrons. The Balaban J connectivity index is 3.01. The minimum atomic E-state index is -5.92. The number of phosphoric acid groups is 3. The van der Waals surface area contributed by atoms with E-state index in [1.165, 1.54) is 0 Å². The maximum Gasteiger partial charge on any atom is 0.496 e. The summed E-state index contributed by atoms with van der Waals surface area (Å²) in [5, 5.41) is 10.4. The molecule has 0 aromatic heterocycles. The van der Waals surface area contributed by atoms with Gasteiger partial charge in [-0.1, -0.05) is 0 Å². The number of nitro benzene ring substituents is 1. The Labute approximate surface area is 138 Å². The molecule has 0 spiro atoms. The summed E-state index contributed by atoms with van der Waals surface area (Å²) in [4.78, 5) is 43.4. The summed E-state index contributed by atoms with van der Waals surface area (Å²) in [7, 11) is -22.6. The van der Waals surface area contributed by atoms with E-state index in [9.17, 15) is 32.2 Å². The Morgan fingerprint density at radius 3 is 1.80 bits per heavy atom. The molecule has 25 heavy (non-hydrogen) atoms. The van der Waals surface area contributed by atoms with E-state index < -0.39 is 49.1 Å². The number of nitrogens with zero attached hydrogens (tertiary/aromatic N) is 1. The predicted octanol–water partition coefficient (Wildman–Crippen LogP) is 0.627. The van der Waals surface area contributed by atoms with Gasteiger partial charge in [-0.05, 0) is 12.1 Å². The van der Waals surface area contributed by atoms with Crippen LogP contribution in [0.3, 0.4) is 0 Å². The molecule has 0 saturated carbocycles. The molecule has 0 bridgehead atoms. The zero-order valence-corrected chi connectivity index (χ0v) is 14.9. The van der Waals surface area contributed by atoms with E-state index in [0.717, 1.165) is 0 Å². The summed E-state index contributed by atoms with van der Waals surface area (Å²) in [5.74, 6) is 0. The van der Waals surface area contributed by atoms with E-state index in [1.54, 1.807) is 0 Å². The maximum atomic E-state index is 11.7. The van der Waals surface area contributed by atoms with Crippen molar-refractivity contribution in [2.45, 2.75) is 4.90 Å². The smallest absolute Gasteiger partial charge is 0.302 e. The minimum absolute atomic E-state index is 0.516. The topological polar surface area (TPSA) is 237 Å². The Morgan fingerprint density at radius 2 is 1.40 bits per heavy atom. The standard InChI is InChI=1S/C6H8NO14P3S/c8-7(9)5-1-3-6(4-2-5)25(17,18)21-24(15,16)20-23(13,14)19-22(10,11)12/h1-4H,(H,13,14)(H,15,16)(H2,10,11,12). The SMILES string of the molecule is O=[N+]([O-])c1ccc(S(=O)(=O)OP(=O)(O)OP(=O)(O)OP(=O)(O)O)cc1. The molecule has 0 saturated heterocycles. The van der Waals surface area contributed by atoms with Crippen molar-refractivity contribution in [2.24, 2.45) is 0 Å². The first-order chi connectivity index (χ1) is 11.0. The van der Waals surface area contributed by atoms with Crippen molar-refractivity contribution in [1.29, 1.82) is 0 Å². The van der Waals surface area contributed by atoms with Crippen LogP contribution in [0.25, 0.3) is 0 Å². The third-order valence-electron chi connectivity index (χ3n) is 1.94. The molecule has 1 aromatic rings. The van der Waals surface area contributed by atoms with Crippen molar-refractivity contribution in [3.05, 3.63) is 34.4 Å². The first kappa shape index (κ1) is 22.0. The van der Waals surface area contributed by atoms with Gasteiger partial charge in [-0.2, -0.15) is 21.0 Å². The maximum absolute atomic E-state index is 11.7. The second-order valence-corrected chi connectivity index (χ2v) is 10.0. The van der Waals surface area contributed by atoms with Crippen LogP contribution in [0.5, 0.6) is 0 Å². The number of hydrogen-bond acceptors (Lipinski definition) is 10. The Morgan fingerprint density at radius 1 is 0.920 bits per heavy atom. The van der Waals surface area contributed by atoms with Gasteiger partial charge in [-0.3, -0.25) is 10.1 Å². The zero-order valence-electron chi connectivity index (χ0n) is 11.4. The third-order valence-corrected chi connectivity index (χ3v) is 7.66. The molecule has 2 atom stereocenters. The van der Waals surface area contributed by atoms with Gasteiger partial charge in [0, 0.05) is 12.1 Å². The normalized spacial score (nSPS) is 17.4. The van der Waals surface area contributed by atoms with Crippen molar-refractivity contribution >= 4 is 39.3 Å². The first-order valence-electron chi connectivity index (χ1n) is 5.37. The molecular weight excluding hydrogens is 435 g/mol. The lowest BCUT2D eigenvalue weighted by Crippen LogP contribution is -2.06. The fourth-order valence-electron chi connectivity index (χ4n) is 1.19. The van der Waals surface area contributed by atoms with E-state index >= 15 is 0 Å². The summed E-state index contributed by atoms with van der Waals surface area (Å²) < 4.78 is 66.7. The monoisotopic (exact) mass is 443 g/mol. The summed E-state index contributed by atoms with van der Waals surface area (Å²) in [6, 6.07) is 2.68. The molecule has 1 aromatic carbocycles. The molecule has 0 heterocycles. The lowest BCUT2D eigenvalue weighted by atomic mass is 10.3. The number of non-ortho nitro benzene ring substituents is 1. The zero-order chi connectivity index (χ0) is 19.7. The highest BCUT2D eigenvalue weighted by atomic mass is 32.2. The molecule has 0 aliphatic carbocycles. The Kier molecular flexibility index (Phi) is 6.44. The van der Waals surface area contributed by atoms with Crippen molar-refractivity contribution in [2.75, 3.05) is 0 Å².